The van der Waals surface area contributed by atoms with E-state index in [-0.39, 0.29) is 16.9 Å². The summed E-state index contributed by atoms with van der Waals surface area (Å²) in [6.45, 7) is 0. The normalized spacial score (nSPS) is 12.4. The Labute approximate surface area is 103 Å². The van der Waals surface area contributed by atoms with Gasteiger partial charge in [0.15, 0.2) is 11.6 Å². The second-order valence-corrected chi connectivity index (χ2v) is 3.63. The van der Waals surface area contributed by atoms with Crippen LogP contribution in [0.25, 0.3) is 0 Å². The van der Waals surface area contributed by atoms with Crippen molar-refractivity contribution in [3.63, 3.8) is 0 Å². The van der Waals surface area contributed by atoms with Crippen LogP contribution in [-0.2, 0) is 0 Å². The zero-order valence-corrected chi connectivity index (χ0v) is 9.96. The van der Waals surface area contributed by atoms with E-state index in [9.17, 15) is 22.7 Å². The van der Waals surface area contributed by atoms with E-state index in [0.717, 1.165) is 0 Å². The van der Waals surface area contributed by atoms with Crippen LogP contribution >= 0.6 is 28.3 Å². The second-order valence-electron chi connectivity index (χ2n) is 2.78. The minimum absolute atomic E-state index is 0. The Morgan fingerprint density at radius 1 is 1.31 bits per heavy atom. The van der Waals surface area contributed by atoms with Gasteiger partial charge in [0.1, 0.15) is 5.75 Å². The molecule has 0 saturated carbocycles. The number of phenolic OH excluding ortho intramolecular Hbond substituents is 1. The van der Waals surface area contributed by atoms with Gasteiger partial charge in [0.2, 0.25) is 0 Å². The van der Waals surface area contributed by atoms with Crippen molar-refractivity contribution in [2.24, 2.45) is 5.73 Å². The van der Waals surface area contributed by atoms with Crippen molar-refractivity contribution in [2.45, 2.75) is 12.5 Å². The zero-order valence-electron chi connectivity index (χ0n) is 7.55. The minimum Gasteiger partial charge on any atom is -0.506 e. The molecule has 1 rings (SSSR count). The molecule has 0 aromatic heterocycles. The van der Waals surface area contributed by atoms with Crippen molar-refractivity contribution in [2.75, 3.05) is 0 Å². The van der Waals surface area contributed by atoms with E-state index < -0.39 is 35.4 Å². The number of alkyl halides is 2. The Morgan fingerprint density at radius 3 is 2.25 bits per heavy atom. The molecule has 92 valence electrons. The van der Waals surface area contributed by atoms with Crippen LogP contribution in [0, 0.1) is 11.6 Å². The van der Waals surface area contributed by atoms with Crippen LogP contribution in [0.5, 0.6) is 5.75 Å². The van der Waals surface area contributed by atoms with Gasteiger partial charge in [-0.2, -0.15) is 0 Å². The van der Waals surface area contributed by atoms with E-state index in [2.05, 4.69) is 15.9 Å². The Balaban J connectivity index is 0.00000225. The number of benzene rings is 1. The molecule has 0 amide bonds. The average Bonchev–Trinajstić information content (AvgIpc) is 2.15. The van der Waals surface area contributed by atoms with E-state index in [1.165, 1.54) is 0 Å². The van der Waals surface area contributed by atoms with E-state index in [1.807, 2.05) is 0 Å². The summed E-state index contributed by atoms with van der Waals surface area (Å²) in [6.07, 6.45) is -3.10. The molecular formula is C8H7BrClF4NO. The lowest BCUT2D eigenvalue weighted by Gasteiger charge is -2.14. The number of rotatable bonds is 2. The molecule has 1 aromatic carbocycles. The molecule has 16 heavy (non-hydrogen) atoms. The summed E-state index contributed by atoms with van der Waals surface area (Å²) in [7, 11) is 0. The van der Waals surface area contributed by atoms with Crippen LogP contribution in [0.15, 0.2) is 10.5 Å². The molecule has 0 bridgehead atoms. The van der Waals surface area contributed by atoms with Gasteiger partial charge in [0.25, 0.3) is 6.43 Å². The highest BCUT2D eigenvalue weighted by molar-refractivity contribution is 9.10. The van der Waals surface area contributed by atoms with Gasteiger partial charge in [0.05, 0.1) is 16.1 Å². The highest BCUT2D eigenvalue weighted by Gasteiger charge is 2.28. The molecule has 0 aliphatic rings. The summed E-state index contributed by atoms with van der Waals surface area (Å²) in [5.41, 5.74) is 4.01. The molecule has 0 spiro atoms. The number of hydrogen-bond donors (Lipinski definition) is 2. The van der Waals surface area contributed by atoms with Crippen LogP contribution in [0.3, 0.4) is 0 Å². The van der Waals surface area contributed by atoms with Crippen molar-refractivity contribution in [1.29, 1.82) is 0 Å². The van der Waals surface area contributed by atoms with E-state index in [0.29, 0.717) is 6.07 Å². The maximum atomic E-state index is 13.1. The molecule has 0 aliphatic carbocycles. The summed E-state index contributed by atoms with van der Waals surface area (Å²) < 4.78 is 50.1. The van der Waals surface area contributed by atoms with Gasteiger partial charge in [-0.25, -0.2) is 17.6 Å². The van der Waals surface area contributed by atoms with Gasteiger partial charge in [-0.3, -0.25) is 0 Å². The summed E-state index contributed by atoms with van der Waals surface area (Å²) in [5.74, 6) is -3.74. The lowest BCUT2D eigenvalue weighted by atomic mass is 10.1. The number of halogens is 6. The minimum atomic E-state index is -3.10. The van der Waals surface area contributed by atoms with Gasteiger partial charge in [0, 0.05) is 0 Å². The molecule has 3 N–H and O–H groups in total. The molecule has 0 aliphatic heterocycles. The Morgan fingerprint density at radius 2 is 1.81 bits per heavy atom. The van der Waals surface area contributed by atoms with Crippen LogP contribution in [0.4, 0.5) is 17.6 Å². The highest BCUT2D eigenvalue weighted by Crippen LogP contribution is 2.36. The van der Waals surface area contributed by atoms with E-state index >= 15 is 0 Å². The Kier molecular flexibility index (Phi) is 5.51. The van der Waals surface area contributed by atoms with Crippen molar-refractivity contribution >= 4 is 28.3 Å². The largest absolute Gasteiger partial charge is 0.506 e. The monoisotopic (exact) mass is 323 g/mol. The first-order valence-corrected chi connectivity index (χ1v) is 4.55. The Hall–Kier alpha value is -0.530. The molecule has 1 atom stereocenters. The molecule has 2 nitrogen and oxygen atoms in total. The number of phenols is 1. The smallest absolute Gasteiger partial charge is 0.257 e. The van der Waals surface area contributed by atoms with E-state index in [4.69, 9.17) is 5.73 Å². The molecular weight excluding hydrogens is 317 g/mol. The summed E-state index contributed by atoms with van der Waals surface area (Å²) in [6, 6.07) is -1.44. The zero-order chi connectivity index (χ0) is 11.7. The predicted molar refractivity (Wildman–Crippen MR) is 55.9 cm³/mol. The third-order valence-corrected chi connectivity index (χ3v) is 2.39. The van der Waals surface area contributed by atoms with Gasteiger partial charge in [-0.05, 0) is 22.0 Å². The number of hydrogen-bond acceptors (Lipinski definition) is 2. The third kappa shape index (κ3) is 2.78. The molecule has 0 radical (unpaired) electrons. The molecule has 0 heterocycles. The molecule has 1 aromatic rings. The lowest BCUT2D eigenvalue weighted by molar-refractivity contribution is 0.113. The fourth-order valence-electron chi connectivity index (χ4n) is 1.03. The fraction of sp³-hybridized carbons (Fsp3) is 0.250. The van der Waals surface area contributed by atoms with Gasteiger partial charge in [-0.1, -0.05) is 0 Å². The molecule has 8 heteroatoms. The topological polar surface area (TPSA) is 46.2 Å². The van der Waals surface area contributed by atoms with Crippen molar-refractivity contribution < 1.29 is 22.7 Å². The van der Waals surface area contributed by atoms with Crippen LogP contribution < -0.4 is 5.73 Å². The SMILES string of the molecule is Cl.N[C@H](c1c(O)c(Br)cc(F)c1F)C(F)F. The molecule has 0 fully saturated rings. The second kappa shape index (κ2) is 5.70. The van der Waals surface area contributed by atoms with Crippen molar-refractivity contribution in [1.82, 2.24) is 0 Å². The summed E-state index contributed by atoms with van der Waals surface area (Å²) in [4.78, 5) is 0. The predicted octanol–water partition coefficient (Wildman–Crippen LogP) is 3.12. The molecule has 0 saturated heterocycles. The van der Waals surface area contributed by atoms with Crippen molar-refractivity contribution in [3.8, 4) is 5.75 Å². The van der Waals surface area contributed by atoms with Gasteiger partial charge >= 0.3 is 0 Å². The van der Waals surface area contributed by atoms with Crippen LogP contribution in [0.1, 0.15) is 11.6 Å². The fourth-order valence-corrected chi connectivity index (χ4v) is 1.45. The quantitative estimate of drug-likeness (QED) is 0.648. The van der Waals surface area contributed by atoms with Gasteiger partial charge < -0.3 is 10.8 Å². The maximum Gasteiger partial charge on any atom is 0.257 e. The number of nitrogens with two attached hydrogens (primary N) is 1. The first kappa shape index (κ1) is 15.5. The van der Waals surface area contributed by atoms with Crippen LogP contribution in [-0.4, -0.2) is 11.5 Å². The summed E-state index contributed by atoms with van der Waals surface area (Å²) in [5, 5.41) is 9.26. The van der Waals surface area contributed by atoms with E-state index in [1.54, 1.807) is 0 Å². The van der Waals surface area contributed by atoms with Gasteiger partial charge in [-0.15, -0.1) is 12.4 Å². The lowest BCUT2D eigenvalue weighted by Crippen LogP contribution is -2.21. The first-order chi connectivity index (χ1) is 6.86. The third-order valence-electron chi connectivity index (χ3n) is 1.79. The van der Waals surface area contributed by atoms with Crippen molar-refractivity contribution in [3.05, 3.63) is 27.7 Å². The summed E-state index contributed by atoms with van der Waals surface area (Å²) >= 11 is 2.69. The molecule has 0 unspecified atom stereocenters. The highest BCUT2D eigenvalue weighted by atomic mass is 79.9. The maximum absolute atomic E-state index is 13.1. The average molecular weight is 324 g/mol. The first-order valence-electron chi connectivity index (χ1n) is 3.76. The standard InChI is InChI=1S/C8H6BrF4NO.ClH/c9-2-1-3(10)5(11)4(7(2)15)6(14)8(12)13;/h1,6,8,15H,14H2;1H/t6-;/m1./s1. The number of aromatic hydroxyl groups is 1. The van der Waals surface area contributed by atoms with Crippen LogP contribution in [0.2, 0.25) is 0 Å². The Bertz CT molecular complexity index is 365.